The Morgan fingerprint density at radius 1 is 1.35 bits per heavy atom. The van der Waals surface area contributed by atoms with E-state index in [9.17, 15) is 8.42 Å². The summed E-state index contributed by atoms with van der Waals surface area (Å²) in [7, 11) is -3.22. The molecule has 1 atom stereocenters. The molecular weight excluding hydrogens is 274 g/mol. The summed E-state index contributed by atoms with van der Waals surface area (Å²) < 4.78 is 26.6. The number of pyridine rings is 1. The van der Waals surface area contributed by atoms with Gasteiger partial charge in [0.15, 0.2) is 0 Å². The fourth-order valence-corrected chi connectivity index (χ4v) is 4.27. The number of piperidine rings is 1. The van der Waals surface area contributed by atoms with Gasteiger partial charge in [0.2, 0.25) is 10.0 Å². The van der Waals surface area contributed by atoms with Crippen LogP contribution < -0.4 is 5.32 Å². The normalized spacial score (nSPS) is 20.2. The lowest BCUT2D eigenvalue weighted by Gasteiger charge is -2.27. The molecule has 1 saturated heterocycles. The molecule has 1 aromatic heterocycles. The summed E-state index contributed by atoms with van der Waals surface area (Å²) >= 11 is 0. The van der Waals surface area contributed by atoms with Crippen LogP contribution in [0.2, 0.25) is 0 Å². The van der Waals surface area contributed by atoms with E-state index in [0.717, 1.165) is 31.4 Å². The highest BCUT2D eigenvalue weighted by atomic mass is 32.2. The van der Waals surface area contributed by atoms with Gasteiger partial charge < -0.3 is 5.32 Å². The number of sulfonamides is 1. The van der Waals surface area contributed by atoms with Crippen LogP contribution in [0, 0.1) is 0 Å². The molecule has 5 nitrogen and oxygen atoms in total. The van der Waals surface area contributed by atoms with E-state index in [1.54, 1.807) is 16.7 Å². The van der Waals surface area contributed by atoms with E-state index in [2.05, 4.69) is 10.3 Å². The molecule has 1 aromatic rings. The average molecular weight is 297 g/mol. The van der Waals surface area contributed by atoms with Crippen LogP contribution in [0.15, 0.2) is 24.5 Å². The first-order valence-corrected chi connectivity index (χ1v) is 8.83. The fourth-order valence-electron chi connectivity index (χ4n) is 2.52. The van der Waals surface area contributed by atoms with Gasteiger partial charge in [-0.2, -0.15) is 4.31 Å². The molecule has 2 rings (SSSR count). The molecule has 0 radical (unpaired) electrons. The first-order chi connectivity index (χ1) is 9.62. The minimum atomic E-state index is -3.22. The van der Waals surface area contributed by atoms with Gasteiger partial charge in [-0.15, -0.1) is 0 Å². The van der Waals surface area contributed by atoms with Gasteiger partial charge >= 0.3 is 0 Å². The van der Waals surface area contributed by atoms with Crippen molar-refractivity contribution < 1.29 is 8.42 Å². The summed E-state index contributed by atoms with van der Waals surface area (Å²) in [6.07, 6.45) is 6.59. The van der Waals surface area contributed by atoms with Crippen molar-refractivity contribution in [3.05, 3.63) is 30.1 Å². The van der Waals surface area contributed by atoms with E-state index in [1.807, 2.05) is 19.1 Å². The van der Waals surface area contributed by atoms with Gasteiger partial charge in [-0.1, -0.05) is 13.3 Å². The summed E-state index contributed by atoms with van der Waals surface area (Å²) in [5.74, 6) is 0.200. The molecule has 0 amide bonds. The van der Waals surface area contributed by atoms with Crippen LogP contribution in [0.4, 0.5) is 0 Å². The Kier molecular flexibility index (Phi) is 5.51. The minimum absolute atomic E-state index is 0.0974. The summed E-state index contributed by atoms with van der Waals surface area (Å²) in [5, 5.41) is 3.30. The minimum Gasteiger partial charge on any atom is -0.313 e. The van der Waals surface area contributed by atoms with E-state index in [1.165, 1.54) is 0 Å². The van der Waals surface area contributed by atoms with Crippen molar-refractivity contribution in [2.75, 3.05) is 18.8 Å². The Morgan fingerprint density at radius 2 is 2.10 bits per heavy atom. The Bertz CT molecular complexity index is 498. The van der Waals surface area contributed by atoms with E-state index in [0.29, 0.717) is 13.1 Å². The second-order valence-corrected chi connectivity index (χ2v) is 7.22. The van der Waals surface area contributed by atoms with Gasteiger partial charge in [-0.3, -0.25) is 4.98 Å². The molecular formula is C14H23N3O2S. The zero-order chi connectivity index (χ0) is 14.4. The van der Waals surface area contributed by atoms with Gasteiger partial charge in [0.25, 0.3) is 0 Å². The predicted molar refractivity (Wildman–Crippen MR) is 79.7 cm³/mol. The van der Waals surface area contributed by atoms with Crippen molar-refractivity contribution in [2.45, 2.75) is 38.8 Å². The van der Waals surface area contributed by atoms with E-state index in [-0.39, 0.29) is 11.8 Å². The highest BCUT2D eigenvalue weighted by Crippen LogP contribution is 2.14. The highest BCUT2D eigenvalue weighted by molar-refractivity contribution is 7.89. The predicted octanol–water partition coefficient (Wildman–Crippen LogP) is 1.38. The first-order valence-electron chi connectivity index (χ1n) is 7.22. The third kappa shape index (κ3) is 4.26. The maximum Gasteiger partial charge on any atom is 0.215 e. The zero-order valence-corrected chi connectivity index (χ0v) is 12.8. The Hall–Kier alpha value is -0.980. The number of aromatic nitrogens is 1. The van der Waals surface area contributed by atoms with Crippen LogP contribution in [0.5, 0.6) is 0 Å². The molecule has 112 valence electrons. The van der Waals surface area contributed by atoms with Gasteiger partial charge in [0.1, 0.15) is 0 Å². The standard InChI is InChI=1S/C14H23N3O2S/c1-2-17(11-13-6-9-15-10-7-13)20(18,19)12-14-5-3-4-8-16-14/h6-7,9-10,14,16H,2-5,8,11-12H2,1H3. The van der Waals surface area contributed by atoms with Crippen molar-refractivity contribution in [1.82, 2.24) is 14.6 Å². The maximum absolute atomic E-state index is 12.5. The van der Waals surface area contributed by atoms with Crippen LogP contribution in [0.3, 0.4) is 0 Å². The molecule has 0 aromatic carbocycles. The van der Waals surface area contributed by atoms with Crippen LogP contribution >= 0.6 is 0 Å². The van der Waals surface area contributed by atoms with Crippen LogP contribution in [0.25, 0.3) is 0 Å². The second kappa shape index (κ2) is 7.15. The molecule has 0 saturated carbocycles. The van der Waals surface area contributed by atoms with E-state index >= 15 is 0 Å². The van der Waals surface area contributed by atoms with Gasteiger partial charge in [0.05, 0.1) is 5.75 Å². The van der Waals surface area contributed by atoms with Crippen LogP contribution in [0.1, 0.15) is 31.7 Å². The summed E-state index contributed by atoms with van der Waals surface area (Å²) in [4.78, 5) is 3.96. The lowest BCUT2D eigenvalue weighted by atomic mass is 10.1. The van der Waals surface area contributed by atoms with E-state index < -0.39 is 10.0 Å². The topological polar surface area (TPSA) is 62.3 Å². The van der Waals surface area contributed by atoms with Crippen molar-refractivity contribution >= 4 is 10.0 Å². The molecule has 20 heavy (non-hydrogen) atoms. The van der Waals surface area contributed by atoms with Crippen molar-refractivity contribution in [1.29, 1.82) is 0 Å². The Labute approximate surface area is 121 Å². The maximum atomic E-state index is 12.5. The van der Waals surface area contributed by atoms with Crippen molar-refractivity contribution in [3.8, 4) is 0 Å². The monoisotopic (exact) mass is 297 g/mol. The molecule has 0 aliphatic carbocycles. The zero-order valence-electron chi connectivity index (χ0n) is 12.0. The largest absolute Gasteiger partial charge is 0.313 e. The summed E-state index contributed by atoms with van der Waals surface area (Å²) in [6, 6.07) is 3.81. The van der Waals surface area contributed by atoms with Crippen LogP contribution in [-0.4, -0.2) is 42.6 Å². The Balaban J connectivity index is 2.01. The highest BCUT2D eigenvalue weighted by Gasteiger charge is 2.26. The molecule has 1 N–H and O–H groups in total. The molecule has 1 fully saturated rings. The first kappa shape index (κ1) is 15.4. The molecule has 6 heteroatoms. The fraction of sp³-hybridized carbons (Fsp3) is 0.643. The van der Waals surface area contributed by atoms with E-state index in [4.69, 9.17) is 0 Å². The molecule has 0 bridgehead atoms. The summed E-state index contributed by atoms with van der Waals surface area (Å²) in [5.41, 5.74) is 0.974. The number of nitrogens with zero attached hydrogens (tertiary/aromatic N) is 2. The lowest BCUT2D eigenvalue weighted by molar-refractivity contribution is 0.393. The molecule has 0 spiro atoms. The lowest BCUT2D eigenvalue weighted by Crippen LogP contribution is -2.44. The second-order valence-electron chi connectivity index (χ2n) is 5.21. The van der Waals surface area contributed by atoms with Gasteiger partial charge in [-0.05, 0) is 37.1 Å². The number of hydrogen-bond acceptors (Lipinski definition) is 4. The number of hydrogen-bond donors (Lipinski definition) is 1. The quantitative estimate of drug-likeness (QED) is 0.861. The molecule has 1 aliphatic heterocycles. The number of nitrogens with one attached hydrogen (secondary N) is 1. The number of rotatable bonds is 6. The van der Waals surface area contributed by atoms with Crippen molar-refractivity contribution in [2.24, 2.45) is 0 Å². The Morgan fingerprint density at radius 3 is 2.70 bits per heavy atom. The molecule has 2 heterocycles. The SMILES string of the molecule is CCN(Cc1ccncc1)S(=O)(=O)CC1CCCCN1. The summed E-state index contributed by atoms with van der Waals surface area (Å²) in [6.45, 7) is 3.73. The third-order valence-corrected chi connectivity index (χ3v) is 5.68. The van der Waals surface area contributed by atoms with Crippen LogP contribution in [-0.2, 0) is 16.6 Å². The average Bonchev–Trinajstić information content (AvgIpc) is 2.46. The smallest absolute Gasteiger partial charge is 0.215 e. The van der Waals surface area contributed by atoms with Gasteiger partial charge in [-0.25, -0.2) is 8.42 Å². The molecule has 1 aliphatic rings. The molecule has 1 unspecified atom stereocenters. The van der Waals surface area contributed by atoms with Crippen molar-refractivity contribution in [3.63, 3.8) is 0 Å². The third-order valence-electron chi connectivity index (χ3n) is 3.68. The van der Waals surface area contributed by atoms with Gasteiger partial charge in [0, 0.05) is 31.5 Å².